The maximum absolute atomic E-state index is 11.7. The van der Waals surface area contributed by atoms with Gasteiger partial charge in [0.2, 0.25) is 0 Å². The number of nitrogens with one attached hydrogen (secondary N) is 2. The third kappa shape index (κ3) is 5.23. The van der Waals surface area contributed by atoms with Crippen molar-refractivity contribution < 1.29 is 4.79 Å². The molecule has 21 heavy (non-hydrogen) atoms. The van der Waals surface area contributed by atoms with Gasteiger partial charge in [-0.1, -0.05) is 52.3 Å². The zero-order valence-electron chi connectivity index (χ0n) is 12.0. The van der Waals surface area contributed by atoms with Crippen LogP contribution in [0, 0.1) is 6.92 Å². The fourth-order valence-corrected chi connectivity index (χ4v) is 2.54. The zero-order chi connectivity index (χ0) is 15.1. The first-order chi connectivity index (χ1) is 10.1. The summed E-state index contributed by atoms with van der Waals surface area (Å²) in [6, 6.07) is 16.0. The Labute approximate surface area is 133 Å². The van der Waals surface area contributed by atoms with Gasteiger partial charge in [0.25, 0.3) is 0 Å². The summed E-state index contributed by atoms with van der Waals surface area (Å²) in [5.41, 5.74) is 3.59. The van der Waals surface area contributed by atoms with Crippen LogP contribution in [0.15, 0.2) is 53.0 Å². The van der Waals surface area contributed by atoms with Gasteiger partial charge in [-0.15, -0.1) is 0 Å². The highest BCUT2D eigenvalue weighted by Crippen LogP contribution is 2.11. The minimum absolute atomic E-state index is 0.136. The lowest BCUT2D eigenvalue weighted by atomic mass is 10.1. The molecule has 0 saturated heterocycles. The molecule has 0 aliphatic rings. The Balaban J connectivity index is 1.72. The number of carbonyl (C=O) groups excluding carboxylic acids is 1. The summed E-state index contributed by atoms with van der Waals surface area (Å²) in [7, 11) is 0. The van der Waals surface area contributed by atoms with E-state index in [1.165, 1.54) is 11.1 Å². The first-order valence-electron chi connectivity index (χ1n) is 6.96. The van der Waals surface area contributed by atoms with Gasteiger partial charge in [-0.3, -0.25) is 0 Å². The third-order valence-corrected chi connectivity index (χ3v) is 3.78. The van der Waals surface area contributed by atoms with Crippen LogP contribution in [0.4, 0.5) is 4.79 Å². The average Bonchev–Trinajstić information content (AvgIpc) is 2.47. The van der Waals surface area contributed by atoms with Gasteiger partial charge >= 0.3 is 6.03 Å². The van der Waals surface area contributed by atoms with Crippen LogP contribution in [0.25, 0.3) is 0 Å². The molecule has 2 aromatic rings. The lowest BCUT2D eigenvalue weighted by Gasteiger charge is -2.09. The van der Waals surface area contributed by atoms with Gasteiger partial charge in [0.05, 0.1) is 0 Å². The quantitative estimate of drug-likeness (QED) is 0.849. The highest BCUT2D eigenvalue weighted by molar-refractivity contribution is 9.10. The molecule has 0 bridgehead atoms. The van der Waals surface area contributed by atoms with Crippen molar-refractivity contribution in [2.24, 2.45) is 0 Å². The van der Waals surface area contributed by atoms with Crippen LogP contribution in [0.3, 0.4) is 0 Å². The number of hydrogen-bond donors (Lipinski definition) is 2. The van der Waals surface area contributed by atoms with Gasteiger partial charge in [-0.25, -0.2) is 4.79 Å². The highest BCUT2D eigenvalue weighted by Gasteiger charge is 2.02. The van der Waals surface area contributed by atoms with Gasteiger partial charge < -0.3 is 10.6 Å². The van der Waals surface area contributed by atoms with Crippen molar-refractivity contribution in [2.45, 2.75) is 19.9 Å². The normalized spacial score (nSPS) is 10.2. The molecule has 0 spiro atoms. The van der Waals surface area contributed by atoms with E-state index >= 15 is 0 Å². The van der Waals surface area contributed by atoms with Crippen molar-refractivity contribution in [1.82, 2.24) is 10.6 Å². The summed E-state index contributed by atoms with van der Waals surface area (Å²) >= 11 is 3.42. The van der Waals surface area contributed by atoms with E-state index < -0.39 is 0 Å². The van der Waals surface area contributed by atoms with Crippen molar-refractivity contribution in [3.8, 4) is 0 Å². The topological polar surface area (TPSA) is 41.1 Å². The van der Waals surface area contributed by atoms with E-state index in [9.17, 15) is 4.79 Å². The fraction of sp³-hybridized carbons (Fsp3) is 0.235. The average molecular weight is 347 g/mol. The van der Waals surface area contributed by atoms with Crippen LogP contribution in [0.5, 0.6) is 0 Å². The van der Waals surface area contributed by atoms with E-state index in [4.69, 9.17) is 0 Å². The standard InChI is InChI=1S/C17H19BrN2O/c1-13-5-2-3-7-15(13)9-10-19-17(21)20-12-14-6-4-8-16(18)11-14/h2-8,11H,9-10,12H2,1H3,(H2,19,20,21). The molecule has 0 radical (unpaired) electrons. The maximum Gasteiger partial charge on any atom is 0.315 e. The number of amides is 2. The van der Waals surface area contributed by atoms with Gasteiger partial charge in [-0.05, 0) is 42.2 Å². The van der Waals surface area contributed by atoms with Gasteiger partial charge in [-0.2, -0.15) is 0 Å². The number of hydrogen-bond acceptors (Lipinski definition) is 1. The van der Waals surface area contributed by atoms with E-state index in [1.54, 1.807) is 0 Å². The molecule has 110 valence electrons. The van der Waals surface area contributed by atoms with Gasteiger partial charge in [0, 0.05) is 17.6 Å². The van der Waals surface area contributed by atoms with Crippen LogP contribution < -0.4 is 10.6 Å². The Morgan fingerprint density at radius 2 is 1.90 bits per heavy atom. The Morgan fingerprint density at radius 1 is 1.10 bits per heavy atom. The number of carbonyl (C=O) groups is 1. The third-order valence-electron chi connectivity index (χ3n) is 3.28. The molecule has 0 saturated carbocycles. The Kier molecular flexibility index (Phi) is 5.81. The molecule has 2 rings (SSSR count). The van der Waals surface area contributed by atoms with Crippen LogP contribution in [0.2, 0.25) is 0 Å². The summed E-state index contributed by atoms with van der Waals surface area (Å²) in [5.74, 6) is 0. The largest absolute Gasteiger partial charge is 0.338 e. The maximum atomic E-state index is 11.7. The van der Waals surface area contributed by atoms with Gasteiger partial charge in [0.1, 0.15) is 0 Å². The molecule has 0 aromatic heterocycles. The predicted octanol–water partition coefficient (Wildman–Crippen LogP) is 3.80. The number of urea groups is 1. The molecule has 2 N–H and O–H groups in total. The molecule has 0 aliphatic carbocycles. The summed E-state index contributed by atoms with van der Waals surface area (Å²) in [4.78, 5) is 11.7. The number of rotatable bonds is 5. The molecule has 2 amide bonds. The fourth-order valence-electron chi connectivity index (χ4n) is 2.09. The Morgan fingerprint density at radius 3 is 2.67 bits per heavy atom. The molecule has 0 unspecified atom stereocenters. The highest BCUT2D eigenvalue weighted by atomic mass is 79.9. The number of halogens is 1. The zero-order valence-corrected chi connectivity index (χ0v) is 13.6. The van der Waals surface area contributed by atoms with Gasteiger partial charge in [0.15, 0.2) is 0 Å². The molecule has 0 aliphatic heterocycles. The lowest BCUT2D eigenvalue weighted by molar-refractivity contribution is 0.240. The summed E-state index contributed by atoms with van der Waals surface area (Å²) in [5, 5.41) is 5.74. The molecule has 4 heteroatoms. The monoisotopic (exact) mass is 346 g/mol. The predicted molar refractivity (Wildman–Crippen MR) is 89.3 cm³/mol. The minimum atomic E-state index is -0.136. The summed E-state index contributed by atoms with van der Waals surface area (Å²) in [6.45, 7) is 3.24. The molecular formula is C17H19BrN2O. The van der Waals surface area contributed by atoms with E-state index in [1.807, 2.05) is 36.4 Å². The van der Waals surface area contributed by atoms with E-state index in [-0.39, 0.29) is 6.03 Å². The molecule has 0 heterocycles. The molecule has 3 nitrogen and oxygen atoms in total. The van der Waals surface area contributed by atoms with Crippen molar-refractivity contribution in [3.63, 3.8) is 0 Å². The second-order valence-electron chi connectivity index (χ2n) is 4.92. The van der Waals surface area contributed by atoms with E-state index in [0.29, 0.717) is 13.1 Å². The first-order valence-corrected chi connectivity index (χ1v) is 7.75. The SMILES string of the molecule is Cc1ccccc1CCNC(=O)NCc1cccc(Br)c1. The van der Waals surface area contributed by atoms with Crippen LogP contribution in [-0.4, -0.2) is 12.6 Å². The van der Waals surface area contributed by atoms with Crippen molar-refractivity contribution in [3.05, 3.63) is 69.7 Å². The Hall–Kier alpha value is -1.81. The Bertz CT molecular complexity index is 613. The minimum Gasteiger partial charge on any atom is -0.338 e. The van der Waals surface area contributed by atoms with Crippen LogP contribution in [0.1, 0.15) is 16.7 Å². The van der Waals surface area contributed by atoms with Crippen LogP contribution >= 0.6 is 15.9 Å². The van der Waals surface area contributed by atoms with Crippen molar-refractivity contribution >= 4 is 22.0 Å². The van der Waals surface area contributed by atoms with Crippen molar-refractivity contribution in [1.29, 1.82) is 0 Å². The molecule has 0 fully saturated rings. The number of benzene rings is 2. The van der Waals surface area contributed by atoms with Crippen molar-refractivity contribution in [2.75, 3.05) is 6.54 Å². The molecule has 2 aromatic carbocycles. The second kappa shape index (κ2) is 7.84. The van der Waals surface area contributed by atoms with E-state index in [0.717, 1.165) is 16.5 Å². The van der Waals surface area contributed by atoms with Crippen LogP contribution in [-0.2, 0) is 13.0 Å². The number of aryl methyl sites for hydroxylation is 1. The second-order valence-corrected chi connectivity index (χ2v) is 5.83. The first kappa shape index (κ1) is 15.6. The molecule has 0 atom stereocenters. The lowest BCUT2D eigenvalue weighted by Crippen LogP contribution is -2.36. The molecular weight excluding hydrogens is 328 g/mol. The smallest absolute Gasteiger partial charge is 0.315 e. The van der Waals surface area contributed by atoms with E-state index in [2.05, 4.69) is 45.6 Å². The summed E-state index contributed by atoms with van der Waals surface area (Å²) < 4.78 is 1.02. The summed E-state index contributed by atoms with van der Waals surface area (Å²) in [6.07, 6.45) is 0.844.